The third-order valence-electron chi connectivity index (χ3n) is 7.57. The van der Waals surface area contributed by atoms with Crippen LogP contribution >= 0.6 is 19.6 Å². The average molecular weight is 606 g/mol. The van der Waals surface area contributed by atoms with Gasteiger partial charge in [-0.25, -0.2) is 9.36 Å². The zero-order valence-corrected chi connectivity index (χ0v) is 25.8. The van der Waals surface area contributed by atoms with E-state index in [2.05, 4.69) is 27.4 Å². The predicted octanol–water partition coefficient (Wildman–Crippen LogP) is 4.92. The van der Waals surface area contributed by atoms with Crippen molar-refractivity contribution >= 4 is 31.5 Å². The molecule has 0 radical (unpaired) electrons. The third-order valence-corrected chi connectivity index (χ3v) is 9.56. The number of rotatable bonds is 23. The van der Waals surface area contributed by atoms with Crippen LogP contribution in [0.25, 0.3) is 0 Å². The Morgan fingerprint density at radius 3 is 2.35 bits per heavy atom. The smallest absolute Gasteiger partial charge is 0.387 e. The molecular weight excluding hydrogens is 553 g/mol. The first-order chi connectivity index (χ1) is 19.2. The zero-order chi connectivity index (χ0) is 29.2. The van der Waals surface area contributed by atoms with Gasteiger partial charge in [-0.2, -0.15) is 11.8 Å². The van der Waals surface area contributed by atoms with Crippen molar-refractivity contribution in [3.05, 3.63) is 12.2 Å². The predicted molar refractivity (Wildman–Crippen MR) is 160 cm³/mol. The number of carbonyl (C=O) groups is 2. The van der Waals surface area contributed by atoms with E-state index in [0.717, 1.165) is 37.9 Å². The lowest BCUT2D eigenvalue weighted by Gasteiger charge is -2.22. The zero-order valence-electron chi connectivity index (χ0n) is 24.1. The minimum Gasteiger partial charge on any atom is -0.387 e. The lowest BCUT2D eigenvalue weighted by Crippen LogP contribution is -2.45. The van der Waals surface area contributed by atoms with Crippen molar-refractivity contribution in [2.45, 2.75) is 139 Å². The molecule has 0 aliphatic carbocycles. The molecule has 0 aromatic carbocycles. The normalized spacial score (nSPS) is 22.2. The minimum absolute atomic E-state index is 0.116. The quantitative estimate of drug-likeness (QED) is 0.0415. The van der Waals surface area contributed by atoms with Gasteiger partial charge in [-0.1, -0.05) is 89.7 Å². The number of urea groups is 1. The molecule has 0 saturated carbocycles. The SMILES string of the molecule is CCCCCCCCCCCCC/C=C/[C@@H](O)[C@H](COP(=O)(O)O)NC(=O)CCCC[C@@H]1SC[C@@H]2NC(=O)N[C@@H]21. The first kappa shape index (κ1) is 35.1. The second-order valence-corrected chi connectivity index (χ2v) is 13.6. The molecule has 2 aliphatic rings. The van der Waals surface area contributed by atoms with Crippen molar-refractivity contribution < 1.29 is 33.6 Å². The molecule has 3 amide bonds. The highest BCUT2D eigenvalue weighted by Crippen LogP contribution is 2.36. The van der Waals surface area contributed by atoms with Crippen LogP contribution in [0.5, 0.6) is 0 Å². The Hall–Kier alpha value is -1.10. The number of fused-ring (bicyclic) bond motifs is 1. The molecule has 232 valence electrons. The Morgan fingerprint density at radius 1 is 1.05 bits per heavy atom. The van der Waals surface area contributed by atoms with E-state index in [1.54, 1.807) is 6.08 Å². The lowest BCUT2D eigenvalue weighted by atomic mass is 10.0. The fourth-order valence-corrected chi connectivity index (χ4v) is 7.15. The number of carbonyl (C=O) groups excluding carboxylic acids is 2. The molecule has 6 N–H and O–H groups in total. The minimum atomic E-state index is -4.74. The number of unbranched alkanes of at least 4 members (excludes halogenated alkanes) is 12. The molecule has 0 aromatic rings. The molecule has 2 aliphatic heterocycles. The Balaban J connectivity index is 1.61. The maximum atomic E-state index is 12.5. The van der Waals surface area contributed by atoms with Crippen LogP contribution in [0, 0.1) is 0 Å². The molecule has 12 heteroatoms. The van der Waals surface area contributed by atoms with Crippen LogP contribution < -0.4 is 16.0 Å². The molecule has 2 rings (SSSR count). The number of nitrogens with one attached hydrogen (secondary N) is 3. The van der Waals surface area contributed by atoms with E-state index in [1.165, 1.54) is 57.8 Å². The van der Waals surface area contributed by atoms with E-state index in [-0.39, 0.29) is 30.4 Å². The van der Waals surface area contributed by atoms with E-state index in [0.29, 0.717) is 11.7 Å². The van der Waals surface area contributed by atoms with Crippen LogP contribution in [0.3, 0.4) is 0 Å². The van der Waals surface area contributed by atoms with Gasteiger partial charge in [0.15, 0.2) is 0 Å². The first-order valence-corrected chi connectivity index (χ1v) is 17.8. The summed E-state index contributed by atoms with van der Waals surface area (Å²) in [7, 11) is -4.74. The summed E-state index contributed by atoms with van der Waals surface area (Å²) in [6.45, 7) is 1.74. The maximum Gasteiger partial charge on any atom is 0.469 e. The molecule has 2 heterocycles. The molecule has 0 aromatic heterocycles. The number of hydrogen-bond acceptors (Lipinski definition) is 6. The van der Waals surface area contributed by atoms with E-state index >= 15 is 0 Å². The molecule has 5 atom stereocenters. The molecule has 2 fully saturated rings. The van der Waals surface area contributed by atoms with E-state index in [1.807, 2.05) is 17.8 Å². The summed E-state index contributed by atoms with van der Waals surface area (Å²) in [6.07, 6.45) is 19.5. The summed E-state index contributed by atoms with van der Waals surface area (Å²) in [6, 6.07) is -0.771. The largest absolute Gasteiger partial charge is 0.469 e. The van der Waals surface area contributed by atoms with Crippen molar-refractivity contribution in [3.63, 3.8) is 0 Å². The summed E-state index contributed by atoms with van der Waals surface area (Å²) >= 11 is 1.83. The van der Waals surface area contributed by atoms with Crippen LogP contribution in [-0.4, -0.2) is 68.7 Å². The summed E-state index contributed by atoms with van der Waals surface area (Å²) in [4.78, 5) is 42.2. The number of allylic oxidation sites excluding steroid dienone is 1. The number of phosphoric acid groups is 1. The number of phosphoric ester groups is 1. The van der Waals surface area contributed by atoms with Crippen molar-refractivity contribution in [1.29, 1.82) is 0 Å². The summed E-state index contributed by atoms with van der Waals surface area (Å²) in [5.41, 5.74) is 0. The summed E-state index contributed by atoms with van der Waals surface area (Å²) in [5, 5.41) is 19.5. The highest BCUT2D eigenvalue weighted by molar-refractivity contribution is 8.00. The first-order valence-electron chi connectivity index (χ1n) is 15.2. The number of thioether (sulfide) groups is 1. The van der Waals surface area contributed by atoms with E-state index in [9.17, 15) is 19.3 Å². The van der Waals surface area contributed by atoms with Crippen LogP contribution in [0.4, 0.5) is 4.79 Å². The second kappa shape index (κ2) is 19.9. The Bertz CT molecular complexity index is 813. The molecule has 10 nitrogen and oxygen atoms in total. The highest BCUT2D eigenvalue weighted by Gasteiger charge is 2.42. The number of amides is 3. The average Bonchev–Trinajstić information content (AvgIpc) is 3.45. The van der Waals surface area contributed by atoms with Gasteiger partial charge in [0.05, 0.1) is 30.8 Å². The summed E-state index contributed by atoms with van der Waals surface area (Å²) < 4.78 is 15.8. The fourth-order valence-electron chi connectivity index (χ4n) is 5.25. The van der Waals surface area contributed by atoms with E-state index in [4.69, 9.17) is 9.79 Å². The number of aliphatic hydroxyl groups is 1. The topological polar surface area (TPSA) is 157 Å². The van der Waals surface area contributed by atoms with Gasteiger partial charge < -0.3 is 30.8 Å². The standard InChI is InChI=1S/C28H52N3O7PS/c1-2-3-4-5-6-7-8-9-10-11-12-13-14-17-24(32)22(20-38-39(35,36)37)29-26(33)19-16-15-18-25-27-23(21-40-25)30-28(34)31-27/h14,17,22-25,27,32H,2-13,15-16,18-21H2,1H3,(H,29,33)(H2,30,31,34)(H2,35,36,37)/b17-14+/t22-,23-,24+,25-,27-/m0/s1. The van der Waals surface area contributed by atoms with Crippen molar-refractivity contribution in [3.8, 4) is 0 Å². The van der Waals surface area contributed by atoms with Crippen LogP contribution in [-0.2, 0) is 13.9 Å². The third kappa shape index (κ3) is 15.2. The monoisotopic (exact) mass is 605 g/mol. The van der Waals surface area contributed by atoms with E-state index < -0.39 is 26.6 Å². The molecule has 40 heavy (non-hydrogen) atoms. The van der Waals surface area contributed by atoms with Gasteiger partial charge in [0.25, 0.3) is 0 Å². The van der Waals surface area contributed by atoms with Gasteiger partial charge in [0.2, 0.25) is 5.91 Å². The summed E-state index contributed by atoms with van der Waals surface area (Å²) in [5.74, 6) is 0.588. The van der Waals surface area contributed by atoms with Crippen molar-refractivity contribution in [2.24, 2.45) is 0 Å². The Labute approximate surface area is 244 Å². The maximum absolute atomic E-state index is 12.5. The highest BCUT2D eigenvalue weighted by atomic mass is 32.2. The van der Waals surface area contributed by atoms with Gasteiger partial charge in [-0.15, -0.1) is 0 Å². The number of aliphatic hydroxyl groups excluding tert-OH is 1. The van der Waals surface area contributed by atoms with Crippen molar-refractivity contribution in [1.82, 2.24) is 16.0 Å². The molecule has 0 unspecified atom stereocenters. The molecule has 0 bridgehead atoms. The fraction of sp³-hybridized carbons (Fsp3) is 0.857. The van der Waals surface area contributed by atoms with Gasteiger partial charge >= 0.3 is 13.9 Å². The van der Waals surface area contributed by atoms with Crippen molar-refractivity contribution in [2.75, 3.05) is 12.4 Å². The van der Waals surface area contributed by atoms with Gasteiger partial charge in [0, 0.05) is 17.4 Å². The molecule has 0 spiro atoms. The van der Waals surface area contributed by atoms with Gasteiger partial charge in [-0.3, -0.25) is 9.32 Å². The van der Waals surface area contributed by atoms with Crippen LogP contribution in [0.2, 0.25) is 0 Å². The molecular formula is C28H52N3O7PS. The second-order valence-electron chi connectivity index (χ2n) is 11.1. The Kier molecular flexibility index (Phi) is 17.5. The van der Waals surface area contributed by atoms with Crippen LogP contribution in [0.1, 0.15) is 110 Å². The lowest BCUT2D eigenvalue weighted by molar-refractivity contribution is -0.123. The molecule has 2 saturated heterocycles. The van der Waals surface area contributed by atoms with Gasteiger partial charge in [-0.05, 0) is 25.7 Å². The van der Waals surface area contributed by atoms with Gasteiger partial charge in [0.1, 0.15) is 0 Å². The van der Waals surface area contributed by atoms with Crippen LogP contribution in [0.15, 0.2) is 12.2 Å². The number of hydrogen-bond donors (Lipinski definition) is 6. The Morgan fingerprint density at radius 2 is 1.70 bits per heavy atom.